The molecule has 0 bridgehead atoms. The molecule has 0 amide bonds. The van der Waals surface area contributed by atoms with Crippen LogP contribution in [0.15, 0.2) is 28.5 Å². The van der Waals surface area contributed by atoms with Gasteiger partial charge in [0, 0.05) is 21.2 Å². The van der Waals surface area contributed by atoms with Gasteiger partial charge in [-0.05, 0) is 51.2 Å². The number of sulfonamides is 1. The van der Waals surface area contributed by atoms with E-state index in [-0.39, 0.29) is 0 Å². The van der Waals surface area contributed by atoms with Crippen molar-refractivity contribution in [1.29, 1.82) is 0 Å². The maximum atomic E-state index is 12.2. The van der Waals surface area contributed by atoms with Crippen molar-refractivity contribution < 1.29 is 8.42 Å². The van der Waals surface area contributed by atoms with Crippen molar-refractivity contribution in [1.82, 2.24) is 10.0 Å². The number of rotatable bonds is 7. The molecule has 0 aliphatic carbocycles. The largest absolute Gasteiger partial charge is 0.319 e. The Kier molecular flexibility index (Phi) is 5.34. The lowest BCUT2D eigenvalue weighted by Crippen LogP contribution is -2.21. The van der Waals surface area contributed by atoms with Gasteiger partial charge in [-0.1, -0.05) is 0 Å². The van der Waals surface area contributed by atoms with Gasteiger partial charge >= 0.3 is 0 Å². The summed E-state index contributed by atoms with van der Waals surface area (Å²) in [7, 11) is -1.51. The third-order valence-electron chi connectivity index (χ3n) is 2.76. The number of nitrogens with one attached hydrogen (secondary N) is 2. The molecule has 110 valence electrons. The lowest BCUT2D eigenvalue weighted by atomic mass is 10.3. The Balaban J connectivity index is 2.00. The first-order chi connectivity index (χ1) is 9.51. The summed E-state index contributed by atoms with van der Waals surface area (Å²) < 4.78 is 27.4. The molecule has 0 saturated heterocycles. The Labute approximate surface area is 127 Å². The SMILES string of the molecule is CNCCc1ccc(S(=O)(=O)NCc2ccc(C)s2)s1. The molecule has 4 nitrogen and oxygen atoms in total. The average Bonchev–Trinajstić information content (AvgIpc) is 3.03. The standard InChI is InChI=1S/C13H18N2O2S3/c1-10-3-4-12(18-10)9-15-20(16,17)13-6-5-11(19-13)7-8-14-2/h3-6,14-15H,7-9H2,1-2H3. The van der Waals surface area contributed by atoms with E-state index in [2.05, 4.69) is 10.0 Å². The normalized spacial score (nSPS) is 11.9. The molecular formula is C13H18N2O2S3. The quantitative estimate of drug-likeness (QED) is 0.819. The van der Waals surface area contributed by atoms with Gasteiger partial charge in [-0.3, -0.25) is 0 Å². The van der Waals surface area contributed by atoms with Crippen molar-refractivity contribution >= 4 is 32.7 Å². The molecule has 2 aromatic rings. The van der Waals surface area contributed by atoms with Gasteiger partial charge < -0.3 is 5.32 Å². The van der Waals surface area contributed by atoms with E-state index < -0.39 is 10.0 Å². The molecule has 0 saturated carbocycles. The summed E-state index contributed by atoms with van der Waals surface area (Å²) in [6, 6.07) is 7.51. The van der Waals surface area contributed by atoms with E-state index in [0.717, 1.165) is 22.7 Å². The highest BCUT2D eigenvalue weighted by atomic mass is 32.2. The molecule has 0 atom stereocenters. The molecule has 0 aromatic carbocycles. The van der Waals surface area contributed by atoms with Crippen LogP contribution in [0.4, 0.5) is 0 Å². The summed E-state index contributed by atoms with van der Waals surface area (Å²) in [6.45, 7) is 3.21. The molecule has 2 heterocycles. The molecule has 0 aliphatic rings. The van der Waals surface area contributed by atoms with Crippen molar-refractivity contribution in [2.45, 2.75) is 24.1 Å². The number of hydrogen-bond donors (Lipinski definition) is 2. The molecule has 0 unspecified atom stereocenters. The van der Waals surface area contributed by atoms with Gasteiger partial charge in [0.25, 0.3) is 0 Å². The summed E-state index contributed by atoms with van der Waals surface area (Å²) in [5.41, 5.74) is 0. The number of aryl methyl sites for hydroxylation is 1. The summed E-state index contributed by atoms with van der Waals surface area (Å²) in [5.74, 6) is 0. The zero-order chi connectivity index (χ0) is 14.6. The zero-order valence-corrected chi connectivity index (χ0v) is 13.9. The second-order valence-corrected chi connectivity index (χ2v) is 8.95. The molecule has 0 aliphatic heterocycles. The van der Waals surface area contributed by atoms with Crippen molar-refractivity contribution in [3.8, 4) is 0 Å². The molecular weight excluding hydrogens is 312 g/mol. The summed E-state index contributed by atoms with van der Waals surface area (Å²) in [4.78, 5) is 3.29. The fourth-order valence-electron chi connectivity index (χ4n) is 1.70. The predicted molar refractivity (Wildman–Crippen MR) is 85.0 cm³/mol. The minimum absolute atomic E-state index is 0.352. The van der Waals surface area contributed by atoms with Gasteiger partial charge in [-0.15, -0.1) is 22.7 Å². The van der Waals surface area contributed by atoms with Crippen LogP contribution in [0.5, 0.6) is 0 Å². The highest BCUT2D eigenvalue weighted by Crippen LogP contribution is 2.22. The minimum Gasteiger partial charge on any atom is -0.319 e. The Hall–Kier alpha value is -0.730. The molecule has 2 aromatic heterocycles. The summed E-state index contributed by atoms with van der Waals surface area (Å²) in [5, 5.41) is 3.06. The van der Waals surface area contributed by atoms with Gasteiger partial charge in [0.1, 0.15) is 4.21 Å². The van der Waals surface area contributed by atoms with E-state index in [1.54, 1.807) is 17.4 Å². The molecule has 2 rings (SSSR count). The fraction of sp³-hybridized carbons (Fsp3) is 0.385. The summed E-state index contributed by atoms with van der Waals surface area (Å²) >= 11 is 2.94. The highest BCUT2D eigenvalue weighted by molar-refractivity contribution is 7.91. The van der Waals surface area contributed by atoms with Crippen LogP contribution >= 0.6 is 22.7 Å². The molecule has 0 radical (unpaired) electrons. The van der Waals surface area contributed by atoms with E-state index in [1.165, 1.54) is 16.2 Å². The van der Waals surface area contributed by atoms with Gasteiger partial charge in [0.05, 0.1) is 0 Å². The smallest absolute Gasteiger partial charge is 0.250 e. The van der Waals surface area contributed by atoms with Gasteiger partial charge in [0.15, 0.2) is 0 Å². The van der Waals surface area contributed by atoms with Crippen LogP contribution in [-0.2, 0) is 23.0 Å². The van der Waals surface area contributed by atoms with Crippen molar-refractivity contribution in [3.05, 3.63) is 38.9 Å². The Bertz CT molecular complexity index is 659. The van der Waals surface area contributed by atoms with E-state index >= 15 is 0 Å². The third-order valence-corrected chi connectivity index (χ3v) is 6.79. The van der Waals surface area contributed by atoms with Crippen molar-refractivity contribution in [2.24, 2.45) is 0 Å². The van der Waals surface area contributed by atoms with Crippen LogP contribution in [0.25, 0.3) is 0 Å². The monoisotopic (exact) mass is 330 g/mol. The Morgan fingerprint density at radius 3 is 2.50 bits per heavy atom. The second-order valence-electron chi connectivity index (χ2n) is 4.41. The lowest BCUT2D eigenvalue weighted by Gasteiger charge is -2.02. The topological polar surface area (TPSA) is 58.2 Å². The van der Waals surface area contributed by atoms with Crippen LogP contribution in [-0.4, -0.2) is 22.0 Å². The zero-order valence-electron chi connectivity index (χ0n) is 11.5. The van der Waals surface area contributed by atoms with Crippen LogP contribution in [0.3, 0.4) is 0 Å². The average molecular weight is 330 g/mol. The molecule has 0 fully saturated rings. The maximum absolute atomic E-state index is 12.2. The van der Waals surface area contributed by atoms with Crippen LogP contribution in [0.2, 0.25) is 0 Å². The third kappa shape index (κ3) is 4.13. The highest BCUT2D eigenvalue weighted by Gasteiger charge is 2.16. The first-order valence-corrected chi connectivity index (χ1v) is 9.41. The number of likely N-dealkylation sites (N-methyl/N-ethyl adjacent to an activating group) is 1. The Morgan fingerprint density at radius 1 is 1.10 bits per heavy atom. The molecule has 0 spiro atoms. The predicted octanol–water partition coefficient (Wildman–Crippen LogP) is 2.36. The second kappa shape index (κ2) is 6.82. The van der Waals surface area contributed by atoms with E-state index in [9.17, 15) is 8.42 Å². The minimum atomic E-state index is -3.40. The van der Waals surface area contributed by atoms with E-state index in [0.29, 0.717) is 10.8 Å². The lowest BCUT2D eigenvalue weighted by molar-refractivity contribution is 0.584. The van der Waals surface area contributed by atoms with Crippen LogP contribution < -0.4 is 10.0 Å². The van der Waals surface area contributed by atoms with Gasteiger partial charge in [0.2, 0.25) is 10.0 Å². The summed E-state index contributed by atoms with van der Waals surface area (Å²) in [6.07, 6.45) is 0.848. The van der Waals surface area contributed by atoms with Gasteiger partial charge in [-0.2, -0.15) is 0 Å². The van der Waals surface area contributed by atoms with Crippen LogP contribution in [0, 0.1) is 6.92 Å². The van der Waals surface area contributed by atoms with Gasteiger partial charge in [-0.25, -0.2) is 13.1 Å². The molecule has 20 heavy (non-hydrogen) atoms. The molecule has 7 heteroatoms. The Morgan fingerprint density at radius 2 is 1.85 bits per heavy atom. The van der Waals surface area contributed by atoms with E-state index in [4.69, 9.17) is 0 Å². The first kappa shape index (κ1) is 15.7. The first-order valence-electron chi connectivity index (χ1n) is 6.29. The number of thiophene rings is 2. The van der Waals surface area contributed by atoms with Crippen LogP contribution in [0.1, 0.15) is 14.6 Å². The maximum Gasteiger partial charge on any atom is 0.250 e. The van der Waals surface area contributed by atoms with E-state index in [1.807, 2.05) is 32.2 Å². The number of hydrogen-bond acceptors (Lipinski definition) is 5. The fourth-order valence-corrected chi connectivity index (χ4v) is 5.03. The van der Waals surface area contributed by atoms with Crippen molar-refractivity contribution in [2.75, 3.05) is 13.6 Å². The van der Waals surface area contributed by atoms with Crippen molar-refractivity contribution in [3.63, 3.8) is 0 Å². The molecule has 2 N–H and O–H groups in total.